The van der Waals surface area contributed by atoms with E-state index in [2.05, 4.69) is 81.5 Å². The highest BCUT2D eigenvalue weighted by atomic mass is 16.6. The second kappa shape index (κ2) is 44.8. The molecule has 0 heterocycles. The van der Waals surface area contributed by atoms with Crippen molar-refractivity contribution in [3.63, 3.8) is 0 Å². The molecule has 0 aromatic carbocycles. The SMILES string of the molecule is CCCC/C=C\C/C=C\CCCCCCCC(=O)OC(COC(=O)CCCCCCC)COC(=O)CCCCCCCC/C=C\C/C=C\C/C=C\CCCCC. The van der Waals surface area contributed by atoms with Crippen molar-refractivity contribution >= 4 is 17.9 Å². The maximum Gasteiger partial charge on any atom is 0.306 e. The molecule has 0 amide bonds. The minimum Gasteiger partial charge on any atom is -0.462 e. The molecule has 6 heteroatoms. The molecule has 56 heavy (non-hydrogen) atoms. The number of allylic oxidation sites excluding steroid dienone is 10. The molecule has 0 aliphatic carbocycles. The highest BCUT2D eigenvalue weighted by Crippen LogP contribution is 2.13. The number of ether oxygens (including phenoxy) is 3. The van der Waals surface area contributed by atoms with Gasteiger partial charge in [-0.1, -0.05) is 178 Å². The average molecular weight is 783 g/mol. The van der Waals surface area contributed by atoms with Gasteiger partial charge in [0.2, 0.25) is 0 Å². The summed E-state index contributed by atoms with van der Waals surface area (Å²) >= 11 is 0. The van der Waals surface area contributed by atoms with Crippen LogP contribution in [0, 0.1) is 0 Å². The number of hydrogen-bond acceptors (Lipinski definition) is 6. The molecule has 0 N–H and O–H groups in total. The van der Waals surface area contributed by atoms with Gasteiger partial charge in [0.05, 0.1) is 0 Å². The van der Waals surface area contributed by atoms with E-state index < -0.39 is 6.10 Å². The molecule has 0 saturated carbocycles. The Morgan fingerprint density at radius 1 is 0.357 bits per heavy atom. The fraction of sp³-hybridized carbons (Fsp3) is 0.740. The molecule has 0 bridgehead atoms. The first-order valence-corrected chi connectivity index (χ1v) is 23.3. The first-order valence-electron chi connectivity index (χ1n) is 23.3. The van der Waals surface area contributed by atoms with Gasteiger partial charge in [-0.25, -0.2) is 0 Å². The topological polar surface area (TPSA) is 78.9 Å². The monoisotopic (exact) mass is 783 g/mol. The fourth-order valence-corrected chi connectivity index (χ4v) is 6.17. The van der Waals surface area contributed by atoms with Gasteiger partial charge in [0.15, 0.2) is 6.10 Å². The summed E-state index contributed by atoms with van der Waals surface area (Å²) in [4.78, 5) is 37.5. The van der Waals surface area contributed by atoms with E-state index >= 15 is 0 Å². The largest absolute Gasteiger partial charge is 0.462 e. The molecule has 0 aromatic rings. The second-order valence-corrected chi connectivity index (χ2v) is 15.3. The third-order valence-electron chi connectivity index (χ3n) is 9.74. The lowest BCUT2D eigenvalue weighted by Gasteiger charge is -2.18. The highest BCUT2D eigenvalue weighted by Gasteiger charge is 2.19. The molecule has 0 aliphatic heterocycles. The standard InChI is InChI=1S/C50H86O6/c1-4-7-10-13-15-17-19-21-23-24-25-26-27-29-30-32-34-37-40-43-49(52)55-46-47(45-54-48(51)42-39-36-12-9-6-3)56-50(53)44-41-38-35-33-31-28-22-20-18-16-14-11-8-5-2/h14-17,20-23,25-26,47H,4-13,18-19,24,27-46H2,1-3H3/b16-14-,17-15-,22-20-,23-21-,26-25-. The fourth-order valence-electron chi connectivity index (χ4n) is 6.17. The average Bonchev–Trinajstić information content (AvgIpc) is 3.19. The van der Waals surface area contributed by atoms with Crippen LogP contribution in [0.15, 0.2) is 60.8 Å². The third kappa shape index (κ3) is 42.3. The number of hydrogen-bond donors (Lipinski definition) is 0. The van der Waals surface area contributed by atoms with Gasteiger partial charge in [-0.3, -0.25) is 14.4 Å². The maximum atomic E-state index is 12.7. The van der Waals surface area contributed by atoms with Crippen LogP contribution in [0.25, 0.3) is 0 Å². The lowest BCUT2D eigenvalue weighted by Crippen LogP contribution is -2.30. The van der Waals surface area contributed by atoms with Crippen LogP contribution >= 0.6 is 0 Å². The molecule has 0 fully saturated rings. The van der Waals surface area contributed by atoms with E-state index in [4.69, 9.17) is 14.2 Å². The molecule has 0 radical (unpaired) electrons. The summed E-state index contributed by atoms with van der Waals surface area (Å²) in [6.07, 6.45) is 53.7. The molecule has 0 spiro atoms. The summed E-state index contributed by atoms with van der Waals surface area (Å²) in [6, 6.07) is 0. The molecular weight excluding hydrogens is 697 g/mol. The van der Waals surface area contributed by atoms with Gasteiger partial charge in [-0.05, 0) is 83.5 Å². The summed E-state index contributed by atoms with van der Waals surface area (Å²) < 4.78 is 16.6. The third-order valence-corrected chi connectivity index (χ3v) is 9.74. The summed E-state index contributed by atoms with van der Waals surface area (Å²) in [6.45, 7) is 6.45. The lowest BCUT2D eigenvalue weighted by molar-refractivity contribution is -0.167. The van der Waals surface area contributed by atoms with Gasteiger partial charge in [0, 0.05) is 19.3 Å². The molecule has 6 nitrogen and oxygen atoms in total. The Morgan fingerprint density at radius 2 is 0.661 bits per heavy atom. The van der Waals surface area contributed by atoms with Crippen molar-refractivity contribution in [2.24, 2.45) is 0 Å². The quantitative estimate of drug-likeness (QED) is 0.0266. The van der Waals surface area contributed by atoms with E-state index in [1.54, 1.807) is 0 Å². The molecule has 1 unspecified atom stereocenters. The zero-order valence-corrected chi connectivity index (χ0v) is 36.6. The minimum absolute atomic E-state index is 0.0857. The van der Waals surface area contributed by atoms with Crippen molar-refractivity contribution in [3.8, 4) is 0 Å². The van der Waals surface area contributed by atoms with E-state index in [0.717, 1.165) is 109 Å². The lowest BCUT2D eigenvalue weighted by atomic mass is 10.1. The van der Waals surface area contributed by atoms with Crippen molar-refractivity contribution in [2.75, 3.05) is 13.2 Å². The van der Waals surface area contributed by atoms with E-state index in [1.807, 2.05) is 0 Å². The number of carbonyl (C=O) groups is 3. The van der Waals surface area contributed by atoms with Gasteiger partial charge in [-0.15, -0.1) is 0 Å². The molecule has 0 aliphatic rings. The molecule has 322 valence electrons. The zero-order valence-electron chi connectivity index (χ0n) is 36.6. The van der Waals surface area contributed by atoms with Gasteiger partial charge >= 0.3 is 17.9 Å². The number of esters is 3. The van der Waals surface area contributed by atoms with Crippen LogP contribution in [0.3, 0.4) is 0 Å². The Morgan fingerprint density at radius 3 is 1.09 bits per heavy atom. The van der Waals surface area contributed by atoms with Gasteiger partial charge in [0.25, 0.3) is 0 Å². The van der Waals surface area contributed by atoms with Crippen molar-refractivity contribution in [3.05, 3.63) is 60.8 Å². The van der Waals surface area contributed by atoms with E-state index in [0.29, 0.717) is 19.3 Å². The molecule has 0 saturated heterocycles. The predicted octanol–water partition coefficient (Wildman–Crippen LogP) is 14.9. The summed E-state index contributed by atoms with van der Waals surface area (Å²) in [7, 11) is 0. The van der Waals surface area contributed by atoms with Gasteiger partial charge in [0.1, 0.15) is 13.2 Å². The Kier molecular flexibility index (Phi) is 42.5. The number of carbonyl (C=O) groups excluding carboxylic acids is 3. The zero-order chi connectivity index (χ0) is 40.8. The van der Waals surface area contributed by atoms with E-state index in [1.165, 1.54) is 70.6 Å². The molecule has 0 aromatic heterocycles. The smallest absolute Gasteiger partial charge is 0.306 e. The Balaban J connectivity index is 4.25. The summed E-state index contributed by atoms with van der Waals surface area (Å²) in [5.74, 6) is -0.929. The van der Waals surface area contributed by atoms with Crippen molar-refractivity contribution in [2.45, 2.75) is 226 Å². The Labute approximate surface area is 345 Å². The van der Waals surface area contributed by atoms with E-state index in [-0.39, 0.29) is 31.1 Å². The predicted molar refractivity (Wildman–Crippen MR) is 238 cm³/mol. The molecular formula is C50H86O6. The van der Waals surface area contributed by atoms with E-state index in [9.17, 15) is 14.4 Å². The number of rotatable bonds is 41. The van der Waals surface area contributed by atoms with Crippen LogP contribution in [0.2, 0.25) is 0 Å². The second-order valence-electron chi connectivity index (χ2n) is 15.3. The van der Waals surface area contributed by atoms with Crippen LogP contribution in [0.1, 0.15) is 220 Å². The van der Waals surface area contributed by atoms with Crippen LogP contribution in [0.4, 0.5) is 0 Å². The first-order chi connectivity index (χ1) is 27.5. The van der Waals surface area contributed by atoms with Crippen molar-refractivity contribution in [1.29, 1.82) is 0 Å². The first kappa shape index (κ1) is 53.1. The van der Waals surface area contributed by atoms with Crippen LogP contribution in [-0.2, 0) is 28.6 Å². The van der Waals surface area contributed by atoms with Crippen molar-refractivity contribution in [1.82, 2.24) is 0 Å². The summed E-state index contributed by atoms with van der Waals surface area (Å²) in [5, 5.41) is 0. The highest BCUT2D eigenvalue weighted by molar-refractivity contribution is 5.71. The number of unbranched alkanes of at least 4 members (excludes halogenated alkanes) is 20. The van der Waals surface area contributed by atoms with Gasteiger partial charge < -0.3 is 14.2 Å². The Hall–Kier alpha value is -2.89. The van der Waals surface area contributed by atoms with Crippen LogP contribution in [0.5, 0.6) is 0 Å². The van der Waals surface area contributed by atoms with Crippen molar-refractivity contribution < 1.29 is 28.6 Å². The van der Waals surface area contributed by atoms with Crippen LogP contribution in [-0.4, -0.2) is 37.2 Å². The normalized spacial score (nSPS) is 12.6. The summed E-state index contributed by atoms with van der Waals surface area (Å²) in [5.41, 5.74) is 0. The van der Waals surface area contributed by atoms with Crippen LogP contribution < -0.4 is 0 Å². The Bertz CT molecular complexity index is 1040. The minimum atomic E-state index is -0.781. The molecule has 1 atom stereocenters. The van der Waals surface area contributed by atoms with Gasteiger partial charge in [-0.2, -0.15) is 0 Å². The maximum absolute atomic E-state index is 12.7. The molecule has 0 rings (SSSR count).